The number of nitrogens with zero attached hydrogens (tertiary/aromatic N) is 1. The lowest BCUT2D eigenvalue weighted by Crippen LogP contribution is -2.45. The van der Waals surface area contributed by atoms with Gasteiger partial charge in [-0.05, 0) is 38.5 Å². The Bertz CT molecular complexity index is 347. The maximum atomic E-state index is 13.1. The zero-order valence-electron chi connectivity index (χ0n) is 14.5. The third kappa shape index (κ3) is 3.61. The SMILES string of the molecule is CCCCCC(C)N1C(=O)C2(CCCC2)NC1CC(C)C. The van der Waals surface area contributed by atoms with Crippen LogP contribution in [0.3, 0.4) is 0 Å². The zero-order valence-corrected chi connectivity index (χ0v) is 14.5. The van der Waals surface area contributed by atoms with Crippen LogP contribution in [0.2, 0.25) is 0 Å². The van der Waals surface area contributed by atoms with E-state index in [2.05, 4.69) is 37.9 Å². The van der Waals surface area contributed by atoms with Crippen LogP contribution in [0.4, 0.5) is 0 Å². The molecule has 2 unspecified atom stereocenters. The van der Waals surface area contributed by atoms with Crippen LogP contribution >= 0.6 is 0 Å². The van der Waals surface area contributed by atoms with E-state index in [4.69, 9.17) is 0 Å². The number of unbranched alkanes of at least 4 members (excludes halogenated alkanes) is 2. The lowest BCUT2D eigenvalue weighted by molar-refractivity contribution is -0.135. The molecule has 1 heterocycles. The van der Waals surface area contributed by atoms with Gasteiger partial charge >= 0.3 is 0 Å². The molecule has 1 amide bonds. The van der Waals surface area contributed by atoms with Gasteiger partial charge in [-0.15, -0.1) is 0 Å². The van der Waals surface area contributed by atoms with Gasteiger partial charge in [0.15, 0.2) is 0 Å². The van der Waals surface area contributed by atoms with E-state index in [1.165, 1.54) is 32.1 Å². The summed E-state index contributed by atoms with van der Waals surface area (Å²) < 4.78 is 0. The van der Waals surface area contributed by atoms with Crippen molar-refractivity contribution in [2.75, 3.05) is 0 Å². The van der Waals surface area contributed by atoms with E-state index in [-0.39, 0.29) is 11.7 Å². The van der Waals surface area contributed by atoms with Gasteiger partial charge in [-0.25, -0.2) is 0 Å². The van der Waals surface area contributed by atoms with E-state index < -0.39 is 0 Å². The van der Waals surface area contributed by atoms with Gasteiger partial charge in [0, 0.05) is 6.04 Å². The van der Waals surface area contributed by atoms with Gasteiger partial charge < -0.3 is 4.90 Å². The van der Waals surface area contributed by atoms with Crippen molar-refractivity contribution in [1.29, 1.82) is 0 Å². The average Bonchev–Trinajstić information content (AvgIpc) is 2.97. The molecule has 1 aliphatic heterocycles. The number of hydrogen-bond acceptors (Lipinski definition) is 2. The first-order valence-corrected chi connectivity index (χ1v) is 9.10. The fraction of sp³-hybridized carbons (Fsp3) is 0.944. The summed E-state index contributed by atoms with van der Waals surface area (Å²) in [5.74, 6) is 1.02. The van der Waals surface area contributed by atoms with Gasteiger partial charge in [-0.1, -0.05) is 52.9 Å². The molecular formula is C18H34N2O. The van der Waals surface area contributed by atoms with E-state index in [0.29, 0.717) is 17.9 Å². The number of hydrogen-bond donors (Lipinski definition) is 1. The third-order valence-electron chi connectivity index (χ3n) is 5.27. The van der Waals surface area contributed by atoms with Gasteiger partial charge in [-0.3, -0.25) is 10.1 Å². The van der Waals surface area contributed by atoms with Crippen molar-refractivity contribution in [2.45, 2.75) is 103 Å². The number of amides is 1. The van der Waals surface area contributed by atoms with Crippen molar-refractivity contribution in [3.05, 3.63) is 0 Å². The summed E-state index contributed by atoms with van der Waals surface area (Å²) >= 11 is 0. The molecule has 1 saturated carbocycles. The van der Waals surface area contributed by atoms with Crippen LogP contribution in [0.25, 0.3) is 0 Å². The lowest BCUT2D eigenvalue weighted by Gasteiger charge is -2.31. The van der Waals surface area contributed by atoms with E-state index >= 15 is 0 Å². The number of nitrogens with one attached hydrogen (secondary N) is 1. The minimum atomic E-state index is -0.210. The van der Waals surface area contributed by atoms with Gasteiger partial charge in [0.1, 0.15) is 0 Å². The Hall–Kier alpha value is -0.570. The van der Waals surface area contributed by atoms with E-state index in [1.807, 2.05) is 0 Å². The normalized spacial score (nSPS) is 26.2. The predicted octanol–water partition coefficient (Wildman–Crippen LogP) is 4.07. The van der Waals surface area contributed by atoms with Crippen molar-refractivity contribution < 1.29 is 4.79 Å². The van der Waals surface area contributed by atoms with Crippen LogP contribution in [-0.4, -0.2) is 28.6 Å². The Morgan fingerprint density at radius 3 is 2.48 bits per heavy atom. The molecule has 1 N–H and O–H groups in total. The largest absolute Gasteiger partial charge is 0.323 e. The fourth-order valence-electron chi connectivity index (χ4n) is 4.13. The smallest absolute Gasteiger partial charge is 0.244 e. The molecule has 2 fully saturated rings. The van der Waals surface area contributed by atoms with Crippen LogP contribution in [0, 0.1) is 5.92 Å². The Labute approximate surface area is 130 Å². The summed E-state index contributed by atoms with van der Waals surface area (Å²) in [4.78, 5) is 15.3. The highest BCUT2D eigenvalue weighted by Gasteiger charge is 2.53. The predicted molar refractivity (Wildman–Crippen MR) is 88.0 cm³/mol. The van der Waals surface area contributed by atoms with Crippen molar-refractivity contribution in [2.24, 2.45) is 5.92 Å². The topological polar surface area (TPSA) is 32.3 Å². The highest BCUT2D eigenvalue weighted by Crippen LogP contribution is 2.38. The zero-order chi connectivity index (χ0) is 15.5. The first kappa shape index (κ1) is 16.8. The minimum absolute atomic E-state index is 0.210. The lowest BCUT2D eigenvalue weighted by atomic mass is 9.97. The van der Waals surface area contributed by atoms with E-state index in [0.717, 1.165) is 25.7 Å². The highest BCUT2D eigenvalue weighted by molar-refractivity contribution is 5.89. The second-order valence-electron chi connectivity index (χ2n) is 7.64. The average molecular weight is 294 g/mol. The molecule has 0 bridgehead atoms. The fourth-order valence-corrected chi connectivity index (χ4v) is 4.13. The van der Waals surface area contributed by atoms with Gasteiger partial charge in [0.2, 0.25) is 5.91 Å². The maximum Gasteiger partial charge on any atom is 0.244 e. The second-order valence-corrected chi connectivity index (χ2v) is 7.64. The number of carbonyl (C=O) groups is 1. The van der Waals surface area contributed by atoms with Crippen LogP contribution in [0.1, 0.15) is 85.5 Å². The molecule has 0 aromatic heterocycles. The Morgan fingerprint density at radius 1 is 1.24 bits per heavy atom. The maximum absolute atomic E-state index is 13.1. The molecule has 0 radical (unpaired) electrons. The molecule has 3 heteroatoms. The molecule has 2 atom stereocenters. The van der Waals surface area contributed by atoms with Gasteiger partial charge in [0.25, 0.3) is 0 Å². The number of rotatable bonds is 7. The highest BCUT2D eigenvalue weighted by atomic mass is 16.2. The van der Waals surface area contributed by atoms with Crippen LogP contribution in [0.15, 0.2) is 0 Å². The Morgan fingerprint density at radius 2 is 1.90 bits per heavy atom. The van der Waals surface area contributed by atoms with Crippen LogP contribution in [0.5, 0.6) is 0 Å². The standard InChI is InChI=1S/C18H34N2O/c1-5-6-7-10-15(4)20-16(13-14(2)3)19-18(17(20)21)11-8-9-12-18/h14-16,19H,5-13H2,1-4H3. The first-order chi connectivity index (χ1) is 10.00. The minimum Gasteiger partial charge on any atom is -0.323 e. The summed E-state index contributed by atoms with van der Waals surface area (Å²) in [5.41, 5.74) is -0.210. The van der Waals surface area contributed by atoms with Crippen molar-refractivity contribution >= 4 is 5.91 Å². The van der Waals surface area contributed by atoms with Gasteiger partial charge in [-0.2, -0.15) is 0 Å². The Balaban J connectivity index is 2.08. The molecule has 21 heavy (non-hydrogen) atoms. The summed E-state index contributed by atoms with van der Waals surface area (Å²) in [6.45, 7) is 9.00. The second kappa shape index (κ2) is 7.13. The third-order valence-corrected chi connectivity index (χ3v) is 5.27. The summed E-state index contributed by atoms with van der Waals surface area (Å²) in [6, 6.07) is 0.375. The quantitative estimate of drug-likeness (QED) is 0.718. The molecule has 122 valence electrons. The van der Waals surface area contributed by atoms with Crippen molar-refractivity contribution in [3.8, 4) is 0 Å². The monoisotopic (exact) mass is 294 g/mol. The molecule has 1 aliphatic carbocycles. The molecule has 1 saturated heterocycles. The summed E-state index contributed by atoms with van der Waals surface area (Å²) in [6.07, 6.45) is 10.7. The molecule has 2 rings (SSSR count). The first-order valence-electron chi connectivity index (χ1n) is 9.10. The van der Waals surface area contributed by atoms with Crippen molar-refractivity contribution in [1.82, 2.24) is 10.2 Å². The molecule has 1 spiro atoms. The van der Waals surface area contributed by atoms with Crippen LogP contribution < -0.4 is 5.32 Å². The molecule has 0 aromatic carbocycles. The van der Waals surface area contributed by atoms with Crippen molar-refractivity contribution in [3.63, 3.8) is 0 Å². The van der Waals surface area contributed by atoms with Crippen LogP contribution in [-0.2, 0) is 4.79 Å². The number of carbonyl (C=O) groups excluding carboxylic acids is 1. The van der Waals surface area contributed by atoms with Gasteiger partial charge in [0.05, 0.1) is 11.7 Å². The van der Waals surface area contributed by atoms with E-state index in [9.17, 15) is 4.79 Å². The molecule has 3 nitrogen and oxygen atoms in total. The summed E-state index contributed by atoms with van der Waals surface area (Å²) in [7, 11) is 0. The summed E-state index contributed by atoms with van der Waals surface area (Å²) in [5, 5.41) is 3.75. The van der Waals surface area contributed by atoms with E-state index in [1.54, 1.807) is 0 Å². The Kier molecular flexibility index (Phi) is 5.70. The molecule has 2 aliphatic rings. The molecular weight excluding hydrogens is 260 g/mol. The molecule has 0 aromatic rings.